The minimum absolute atomic E-state index is 0.113. The number of cyclic esters (lactones) is 1. The van der Waals surface area contributed by atoms with Crippen LogP contribution in [0.3, 0.4) is 0 Å². The van der Waals surface area contributed by atoms with Gasteiger partial charge < -0.3 is 10.1 Å². The standard InChI is InChI=1S/C20H19N7O3/c1-11(28)21-10-18-17-8-14-7-12(4-6-16(14)27(17)20(29)30-18)13-3-5-15(22-9-13)19-23-25-26(2)24-19/h3-7,9,17-18H,8,10H2,1-2H3,(H,21,28)/t17-,18-/m0/s1. The summed E-state index contributed by atoms with van der Waals surface area (Å²) < 4.78 is 5.45. The van der Waals surface area contributed by atoms with Gasteiger partial charge in [-0.15, -0.1) is 10.2 Å². The van der Waals surface area contributed by atoms with Gasteiger partial charge in [-0.05, 0) is 41.0 Å². The molecule has 30 heavy (non-hydrogen) atoms. The molecule has 10 heteroatoms. The number of hydrogen-bond donors (Lipinski definition) is 1. The fourth-order valence-corrected chi connectivity index (χ4v) is 3.96. The van der Waals surface area contributed by atoms with Crippen LogP contribution in [0.2, 0.25) is 0 Å². The zero-order valence-electron chi connectivity index (χ0n) is 16.4. The van der Waals surface area contributed by atoms with Crippen molar-refractivity contribution in [3.8, 4) is 22.6 Å². The van der Waals surface area contributed by atoms with E-state index in [4.69, 9.17) is 4.74 Å². The maximum atomic E-state index is 12.4. The molecule has 2 atom stereocenters. The van der Waals surface area contributed by atoms with Gasteiger partial charge in [0.25, 0.3) is 0 Å². The molecule has 0 radical (unpaired) electrons. The molecule has 2 amide bonds. The van der Waals surface area contributed by atoms with Crippen molar-refractivity contribution in [3.05, 3.63) is 42.1 Å². The molecule has 2 aliphatic heterocycles. The van der Waals surface area contributed by atoms with Crippen LogP contribution in [0.4, 0.5) is 10.5 Å². The number of amides is 2. The lowest BCUT2D eigenvalue weighted by Crippen LogP contribution is -2.40. The molecule has 0 saturated carbocycles. The second kappa shape index (κ2) is 6.90. The predicted octanol–water partition coefficient (Wildman–Crippen LogP) is 1.33. The summed E-state index contributed by atoms with van der Waals surface area (Å²) >= 11 is 0. The minimum atomic E-state index is -0.371. The van der Waals surface area contributed by atoms with E-state index in [2.05, 4.69) is 31.8 Å². The number of pyridine rings is 1. The molecule has 0 unspecified atom stereocenters. The number of nitrogens with one attached hydrogen (secondary N) is 1. The van der Waals surface area contributed by atoms with Gasteiger partial charge >= 0.3 is 6.09 Å². The first-order chi connectivity index (χ1) is 14.5. The Balaban J connectivity index is 1.39. The van der Waals surface area contributed by atoms with Gasteiger partial charge in [-0.1, -0.05) is 12.1 Å². The smallest absolute Gasteiger partial charge is 0.415 e. The quantitative estimate of drug-likeness (QED) is 0.696. The van der Waals surface area contributed by atoms with E-state index in [-0.39, 0.29) is 24.1 Å². The Kier molecular flexibility index (Phi) is 4.19. The molecule has 1 N–H and O–H groups in total. The topological polar surface area (TPSA) is 115 Å². The van der Waals surface area contributed by atoms with Crippen molar-refractivity contribution in [3.63, 3.8) is 0 Å². The Morgan fingerprint density at radius 1 is 1.27 bits per heavy atom. The number of rotatable bonds is 4. The fraction of sp³-hybridized carbons (Fsp3) is 0.300. The van der Waals surface area contributed by atoms with Crippen LogP contribution >= 0.6 is 0 Å². The molecule has 2 aromatic heterocycles. The van der Waals surface area contributed by atoms with Gasteiger partial charge in [-0.25, -0.2) is 4.79 Å². The molecule has 0 spiro atoms. The molecule has 10 nitrogen and oxygen atoms in total. The summed E-state index contributed by atoms with van der Waals surface area (Å²) in [4.78, 5) is 31.1. The van der Waals surface area contributed by atoms with Crippen molar-refractivity contribution in [2.45, 2.75) is 25.5 Å². The average Bonchev–Trinajstić information content (AvgIpc) is 3.41. The Morgan fingerprint density at radius 2 is 2.10 bits per heavy atom. The van der Waals surface area contributed by atoms with E-state index in [1.165, 1.54) is 11.7 Å². The maximum Gasteiger partial charge on any atom is 0.415 e. The van der Waals surface area contributed by atoms with E-state index in [0.29, 0.717) is 24.5 Å². The third-order valence-corrected chi connectivity index (χ3v) is 5.36. The van der Waals surface area contributed by atoms with Crippen molar-refractivity contribution in [1.29, 1.82) is 0 Å². The average molecular weight is 405 g/mol. The summed E-state index contributed by atoms with van der Waals surface area (Å²) in [6.45, 7) is 1.76. The number of nitrogens with zero attached hydrogens (tertiary/aromatic N) is 6. The highest BCUT2D eigenvalue weighted by atomic mass is 16.6. The molecule has 3 aromatic rings. The van der Waals surface area contributed by atoms with Crippen LogP contribution < -0.4 is 10.2 Å². The van der Waals surface area contributed by atoms with Crippen molar-refractivity contribution < 1.29 is 14.3 Å². The number of hydrogen-bond acceptors (Lipinski definition) is 7. The number of carbonyl (C=O) groups excluding carboxylic acids is 2. The van der Waals surface area contributed by atoms with Crippen LogP contribution in [-0.4, -0.2) is 55.9 Å². The molecular formula is C20H19N7O3. The summed E-state index contributed by atoms with van der Waals surface area (Å²) in [5, 5.41) is 14.7. The van der Waals surface area contributed by atoms with Crippen LogP contribution in [0.5, 0.6) is 0 Å². The van der Waals surface area contributed by atoms with Gasteiger partial charge in [0.05, 0.1) is 25.3 Å². The molecular weight excluding hydrogens is 386 g/mol. The van der Waals surface area contributed by atoms with Gasteiger partial charge in [0.2, 0.25) is 11.7 Å². The molecule has 152 valence electrons. The predicted molar refractivity (Wildman–Crippen MR) is 106 cm³/mol. The monoisotopic (exact) mass is 405 g/mol. The third kappa shape index (κ3) is 3.06. The molecule has 4 heterocycles. The number of ether oxygens (including phenoxy) is 1. The first-order valence-corrected chi connectivity index (χ1v) is 9.57. The van der Waals surface area contributed by atoms with E-state index in [0.717, 1.165) is 22.4 Å². The molecule has 0 aliphatic carbocycles. The van der Waals surface area contributed by atoms with E-state index in [1.807, 2.05) is 24.3 Å². The molecule has 5 rings (SSSR count). The highest BCUT2D eigenvalue weighted by Crippen LogP contribution is 2.40. The summed E-state index contributed by atoms with van der Waals surface area (Å²) in [7, 11) is 1.71. The van der Waals surface area contributed by atoms with Crippen LogP contribution in [0, 0.1) is 0 Å². The molecule has 0 bridgehead atoms. The van der Waals surface area contributed by atoms with Crippen LogP contribution in [-0.2, 0) is 23.0 Å². The van der Waals surface area contributed by atoms with Crippen molar-refractivity contribution in [2.24, 2.45) is 7.05 Å². The van der Waals surface area contributed by atoms with Crippen LogP contribution in [0.25, 0.3) is 22.6 Å². The normalized spacial score (nSPS) is 19.4. The summed E-state index contributed by atoms with van der Waals surface area (Å²) in [6.07, 6.45) is 1.72. The van der Waals surface area contributed by atoms with Crippen molar-refractivity contribution in [1.82, 2.24) is 30.5 Å². The van der Waals surface area contributed by atoms with E-state index < -0.39 is 0 Å². The second-order valence-electron chi connectivity index (χ2n) is 7.38. The lowest BCUT2D eigenvalue weighted by Gasteiger charge is -2.16. The van der Waals surface area contributed by atoms with Gasteiger partial charge in [0.15, 0.2) is 0 Å². The minimum Gasteiger partial charge on any atom is -0.442 e. The zero-order valence-corrected chi connectivity index (χ0v) is 16.4. The summed E-state index contributed by atoms with van der Waals surface area (Å²) in [5.74, 6) is 0.331. The van der Waals surface area contributed by atoms with Crippen molar-refractivity contribution >= 4 is 17.7 Å². The first-order valence-electron chi connectivity index (χ1n) is 9.57. The van der Waals surface area contributed by atoms with E-state index in [1.54, 1.807) is 18.1 Å². The SMILES string of the molecule is CC(=O)NC[C@@H]1OC(=O)N2c3ccc(-c4ccc(-c5nnn(C)n5)nc4)cc3C[C@@H]12. The number of aryl methyl sites for hydroxylation is 1. The summed E-state index contributed by atoms with van der Waals surface area (Å²) in [6, 6.07) is 9.69. The van der Waals surface area contributed by atoms with E-state index >= 15 is 0 Å². The Hall–Kier alpha value is -3.82. The van der Waals surface area contributed by atoms with Crippen LogP contribution in [0.1, 0.15) is 12.5 Å². The Morgan fingerprint density at radius 3 is 2.80 bits per heavy atom. The van der Waals surface area contributed by atoms with E-state index in [9.17, 15) is 9.59 Å². The third-order valence-electron chi connectivity index (χ3n) is 5.36. The number of benzene rings is 1. The van der Waals surface area contributed by atoms with Gasteiger partial charge in [0, 0.05) is 18.7 Å². The molecule has 1 fully saturated rings. The Bertz CT molecular complexity index is 1140. The second-order valence-corrected chi connectivity index (χ2v) is 7.38. The Labute approximate surface area is 171 Å². The number of tetrazole rings is 1. The number of carbonyl (C=O) groups is 2. The number of anilines is 1. The van der Waals surface area contributed by atoms with Gasteiger partial charge in [-0.3, -0.25) is 14.7 Å². The molecule has 1 saturated heterocycles. The highest BCUT2D eigenvalue weighted by Gasteiger charge is 2.47. The lowest BCUT2D eigenvalue weighted by molar-refractivity contribution is -0.119. The number of fused-ring (bicyclic) bond motifs is 3. The highest BCUT2D eigenvalue weighted by molar-refractivity contribution is 5.94. The largest absolute Gasteiger partial charge is 0.442 e. The summed E-state index contributed by atoms with van der Waals surface area (Å²) in [5.41, 5.74) is 4.54. The fourth-order valence-electron chi connectivity index (χ4n) is 3.96. The number of aromatic nitrogens is 5. The van der Waals surface area contributed by atoms with Gasteiger partial charge in [0.1, 0.15) is 11.8 Å². The lowest BCUT2D eigenvalue weighted by atomic mass is 10.0. The van der Waals surface area contributed by atoms with Gasteiger partial charge in [-0.2, -0.15) is 4.80 Å². The molecule has 2 aliphatic rings. The zero-order chi connectivity index (χ0) is 20.8. The van der Waals surface area contributed by atoms with Crippen LogP contribution in [0.15, 0.2) is 36.5 Å². The maximum absolute atomic E-state index is 12.4. The molecule has 1 aromatic carbocycles. The first kappa shape index (κ1) is 18.2. The van der Waals surface area contributed by atoms with Crippen molar-refractivity contribution in [2.75, 3.05) is 11.4 Å².